The summed E-state index contributed by atoms with van der Waals surface area (Å²) in [6.07, 6.45) is 0. The Hall–Kier alpha value is -1.16. The zero-order valence-electron chi connectivity index (χ0n) is 10.8. The van der Waals surface area contributed by atoms with Gasteiger partial charge in [0, 0.05) is 29.9 Å². The van der Waals surface area contributed by atoms with E-state index in [-0.39, 0.29) is 0 Å². The molecule has 0 N–H and O–H groups in total. The van der Waals surface area contributed by atoms with Crippen LogP contribution in [0.2, 0.25) is 0 Å². The van der Waals surface area contributed by atoms with Crippen molar-refractivity contribution in [2.45, 2.75) is 6.54 Å². The molecule has 0 aliphatic carbocycles. The number of nitrogens with zero attached hydrogens (tertiary/aromatic N) is 1. The summed E-state index contributed by atoms with van der Waals surface area (Å²) >= 11 is 1.82. The van der Waals surface area contributed by atoms with Crippen LogP contribution in [0.5, 0.6) is 0 Å². The van der Waals surface area contributed by atoms with Crippen LogP contribution in [0, 0.1) is 5.41 Å². The zero-order chi connectivity index (χ0) is 12.7. The molecule has 2 saturated heterocycles. The third-order valence-corrected chi connectivity index (χ3v) is 5.04. The Balaban J connectivity index is 1.52. The van der Waals surface area contributed by atoms with Crippen LogP contribution < -0.4 is 0 Å². The van der Waals surface area contributed by atoms with Crippen LogP contribution in [0.15, 0.2) is 41.8 Å². The van der Waals surface area contributed by atoms with E-state index < -0.39 is 0 Å². The minimum atomic E-state index is 0.512. The third kappa shape index (κ3) is 2.02. The van der Waals surface area contributed by atoms with Gasteiger partial charge in [-0.1, -0.05) is 30.3 Å². The van der Waals surface area contributed by atoms with Crippen molar-refractivity contribution in [1.29, 1.82) is 0 Å². The SMILES string of the molecule is c1csc(-c2ccccc2CN2CC3(COC3)C2)c1. The van der Waals surface area contributed by atoms with E-state index in [1.165, 1.54) is 29.1 Å². The first-order chi connectivity index (χ1) is 9.35. The van der Waals surface area contributed by atoms with Gasteiger partial charge in [0.1, 0.15) is 0 Å². The lowest BCUT2D eigenvalue weighted by Gasteiger charge is -2.55. The van der Waals surface area contributed by atoms with Crippen LogP contribution in [0.25, 0.3) is 10.4 Å². The Morgan fingerprint density at radius 1 is 1.11 bits per heavy atom. The molecule has 19 heavy (non-hydrogen) atoms. The van der Waals surface area contributed by atoms with Crippen LogP contribution in [-0.4, -0.2) is 31.2 Å². The smallest absolute Gasteiger partial charge is 0.0569 e. The molecule has 0 saturated carbocycles. The highest BCUT2D eigenvalue weighted by atomic mass is 32.1. The minimum absolute atomic E-state index is 0.512. The highest BCUT2D eigenvalue weighted by Crippen LogP contribution is 2.39. The summed E-state index contributed by atoms with van der Waals surface area (Å²) in [5.41, 5.74) is 3.35. The van der Waals surface area contributed by atoms with Crippen molar-refractivity contribution in [3.8, 4) is 10.4 Å². The average molecular weight is 271 g/mol. The number of rotatable bonds is 3. The fourth-order valence-electron chi connectivity index (χ4n) is 3.16. The molecule has 0 unspecified atom stereocenters. The molecule has 3 heteroatoms. The summed E-state index contributed by atoms with van der Waals surface area (Å²) in [6, 6.07) is 13.1. The highest BCUT2D eigenvalue weighted by molar-refractivity contribution is 7.13. The van der Waals surface area contributed by atoms with E-state index in [1.807, 2.05) is 11.3 Å². The number of ether oxygens (including phenoxy) is 1. The maximum absolute atomic E-state index is 5.34. The maximum atomic E-state index is 5.34. The van der Waals surface area contributed by atoms with Crippen LogP contribution in [-0.2, 0) is 11.3 Å². The Morgan fingerprint density at radius 3 is 2.63 bits per heavy atom. The predicted molar refractivity (Wildman–Crippen MR) is 78.3 cm³/mol. The predicted octanol–water partition coefficient (Wildman–Crippen LogP) is 3.25. The van der Waals surface area contributed by atoms with Gasteiger partial charge in [0.25, 0.3) is 0 Å². The molecule has 2 aromatic rings. The maximum Gasteiger partial charge on any atom is 0.0569 e. The van der Waals surface area contributed by atoms with Crippen LogP contribution in [0.3, 0.4) is 0 Å². The van der Waals surface area contributed by atoms with Crippen molar-refractivity contribution in [2.75, 3.05) is 26.3 Å². The second kappa shape index (κ2) is 4.44. The van der Waals surface area contributed by atoms with Gasteiger partial charge in [-0.15, -0.1) is 11.3 Å². The fourth-order valence-corrected chi connectivity index (χ4v) is 3.95. The molecule has 3 heterocycles. The van der Waals surface area contributed by atoms with Gasteiger partial charge in [-0.25, -0.2) is 0 Å². The Bertz CT molecular complexity index is 566. The summed E-state index contributed by atoms with van der Waals surface area (Å²) in [7, 11) is 0. The van der Waals surface area contributed by atoms with E-state index >= 15 is 0 Å². The van der Waals surface area contributed by atoms with E-state index in [9.17, 15) is 0 Å². The molecule has 2 aliphatic heterocycles. The van der Waals surface area contributed by atoms with Crippen molar-refractivity contribution in [1.82, 2.24) is 4.90 Å². The standard InChI is InChI=1S/C16H17NOS/c1-2-5-14(15-6-3-7-19-15)13(4-1)8-17-9-16(10-17)11-18-12-16/h1-7H,8-12H2. The number of hydrogen-bond donors (Lipinski definition) is 0. The van der Waals surface area contributed by atoms with E-state index in [2.05, 4.69) is 46.7 Å². The summed E-state index contributed by atoms with van der Waals surface area (Å²) in [5, 5.41) is 2.15. The van der Waals surface area contributed by atoms with E-state index in [0.717, 1.165) is 19.8 Å². The molecule has 1 spiro atoms. The highest BCUT2D eigenvalue weighted by Gasteiger charge is 2.48. The first kappa shape index (κ1) is 11.6. The van der Waals surface area contributed by atoms with Crippen molar-refractivity contribution < 1.29 is 4.74 Å². The lowest BCUT2D eigenvalue weighted by molar-refractivity contribution is -0.191. The molecule has 1 aromatic heterocycles. The molecular formula is C16H17NOS. The van der Waals surface area contributed by atoms with Gasteiger partial charge >= 0.3 is 0 Å². The number of likely N-dealkylation sites (tertiary alicyclic amines) is 1. The molecule has 1 aromatic carbocycles. The third-order valence-electron chi connectivity index (χ3n) is 4.13. The molecule has 0 bridgehead atoms. The lowest BCUT2D eigenvalue weighted by Crippen LogP contribution is -2.65. The molecule has 0 atom stereocenters. The number of benzene rings is 1. The van der Waals surface area contributed by atoms with Gasteiger partial charge in [-0.3, -0.25) is 4.90 Å². The lowest BCUT2D eigenvalue weighted by atomic mass is 9.78. The van der Waals surface area contributed by atoms with Gasteiger partial charge in [0.05, 0.1) is 13.2 Å². The first-order valence-electron chi connectivity index (χ1n) is 6.77. The second-order valence-electron chi connectivity index (χ2n) is 5.77. The summed E-state index contributed by atoms with van der Waals surface area (Å²) < 4.78 is 5.34. The van der Waals surface area contributed by atoms with Crippen molar-refractivity contribution in [2.24, 2.45) is 5.41 Å². The normalized spacial score (nSPS) is 21.1. The summed E-state index contributed by atoms with van der Waals surface area (Å²) in [6.45, 7) is 5.40. The van der Waals surface area contributed by atoms with Gasteiger partial charge in [-0.05, 0) is 22.6 Å². The van der Waals surface area contributed by atoms with E-state index in [1.54, 1.807) is 0 Å². The second-order valence-corrected chi connectivity index (χ2v) is 6.72. The van der Waals surface area contributed by atoms with Gasteiger partial charge in [0.2, 0.25) is 0 Å². The average Bonchev–Trinajstić information content (AvgIpc) is 2.85. The molecule has 4 rings (SSSR count). The van der Waals surface area contributed by atoms with Crippen molar-refractivity contribution in [3.05, 3.63) is 47.3 Å². The van der Waals surface area contributed by atoms with Gasteiger partial charge < -0.3 is 4.74 Å². The molecule has 98 valence electrons. The molecule has 2 fully saturated rings. The largest absolute Gasteiger partial charge is 0.380 e. The number of hydrogen-bond acceptors (Lipinski definition) is 3. The summed E-state index contributed by atoms with van der Waals surface area (Å²) in [5.74, 6) is 0. The quantitative estimate of drug-likeness (QED) is 0.849. The Morgan fingerprint density at radius 2 is 1.95 bits per heavy atom. The Labute approximate surface area is 117 Å². The molecule has 0 amide bonds. The van der Waals surface area contributed by atoms with Crippen molar-refractivity contribution >= 4 is 11.3 Å². The van der Waals surface area contributed by atoms with E-state index in [0.29, 0.717) is 5.41 Å². The molecule has 2 aliphatic rings. The number of thiophene rings is 1. The van der Waals surface area contributed by atoms with Crippen LogP contribution >= 0.6 is 11.3 Å². The monoisotopic (exact) mass is 271 g/mol. The zero-order valence-corrected chi connectivity index (χ0v) is 11.7. The fraction of sp³-hybridized carbons (Fsp3) is 0.375. The topological polar surface area (TPSA) is 12.5 Å². The first-order valence-corrected chi connectivity index (χ1v) is 7.65. The van der Waals surface area contributed by atoms with Gasteiger partial charge in [-0.2, -0.15) is 0 Å². The molecule has 2 nitrogen and oxygen atoms in total. The minimum Gasteiger partial charge on any atom is -0.380 e. The summed E-state index contributed by atoms with van der Waals surface area (Å²) in [4.78, 5) is 3.91. The van der Waals surface area contributed by atoms with E-state index in [4.69, 9.17) is 4.74 Å². The van der Waals surface area contributed by atoms with Crippen LogP contribution in [0.4, 0.5) is 0 Å². The molecule has 0 radical (unpaired) electrons. The Kier molecular flexibility index (Phi) is 2.72. The van der Waals surface area contributed by atoms with Gasteiger partial charge in [0.15, 0.2) is 0 Å². The van der Waals surface area contributed by atoms with Crippen LogP contribution in [0.1, 0.15) is 5.56 Å². The van der Waals surface area contributed by atoms with Crippen molar-refractivity contribution in [3.63, 3.8) is 0 Å². The molecular weight excluding hydrogens is 254 g/mol.